The number of carbonyl (C=O) groups is 2. The topological polar surface area (TPSA) is 145 Å². The third-order valence-corrected chi connectivity index (χ3v) is 6.16. The second kappa shape index (κ2) is 7.92. The molecule has 1 aromatic heterocycles. The Labute approximate surface area is 183 Å². The molecule has 168 valence electrons. The molecule has 2 amide bonds. The number of aromatic hydroxyl groups is 1. The molecule has 4 rings (SSSR count). The Morgan fingerprint density at radius 1 is 1.12 bits per heavy atom. The van der Waals surface area contributed by atoms with Gasteiger partial charge in [0.25, 0.3) is 5.91 Å². The van der Waals surface area contributed by atoms with Gasteiger partial charge in [0.05, 0.1) is 10.9 Å². The normalized spacial score (nSPS) is 22.6. The summed E-state index contributed by atoms with van der Waals surface area (Å²) in [6, 6.07) is 10.2. The molecule has 3 atom stereocenters. The average Bonchev–Trinajstić information content (AvgIpc) is 3.19. The highest BCUT2D eigenvalue weighted by molar-refractivity contribution is 5.99. The second-order valence-corrected chi connectivity index (χ2v) is 8.00. The summed E-state index contributed by atoms with van der Waals surface area (Å²) < 4.78 is 0. The van der Waals surface area contributed by atoms with Crippen molar-refractivity contribution in [3.8, 4) is 5.75 Å². The van der Waals surface area contributed by atoms with Crippen LogP contribution in [0.15, 0.2) is 48.7 Å². The number of nitrogens with one attached hydrogen (secondary N) is 2. The number of carbonyl (C=O) groups excluding carboxylic acids is 2. The van der Waals surface area contributed by atoms with Crippen molar-refractivity contribution in [1.82, 2.24) is 14.8 Å². The molecule has 0 aliphatic carbocycles. The van der Waals surface area contributed by atoms with Gasteiger partial charge in [-0.15, -0.1) is 0 Å². The fourth-order valence-corrected chi connectivity index (χ4v) is 4.29. The van der Waals surface area contributed by atoms with Crippen molar-refractivity contribution in [1.29, 1.82) is 0 Å². The quantitative estimate of drug-likeness (QED) is 0.355. The van der Waals surface area contributed by atoms with E-state index in [0.29, 0.717) is 22.0 Å². The number of nitrogens with zero attached hydrogens (tertiary/aromatic N) is 2. The predicted octanol–water partition coefficient (Wildman–Crippen LogP) is 0.0497. The number of aliphatic hydroxyl groups is 1. The van der Waals surface area contributed by atoms with Gasteiger partial charge in [-0.2, -0.15) is 5.23 Å². The standard InChI is InChI=1S/C22H24N4O6/c1-24-17(10-14-12-23-15-7-5-8-16(19(14)15)26(31)32)20(28)25(2)22(30,21(24)29)11-13-6-3-4-9-18(13)27/h3-9,12,17,23,26-27,30-31H,10-11H2,1-2H3/t17-,22+/m0/s1. The molecule has 10 nitrogen and oxygen atoms in total. The molecule has 0 radical (unpaired) electrons. The monoisotopic (exact) mass is 440 g/mol. The number of para-hydroxylation sites is 1. The van der Waals surface area contributed by atoms with Crippen molar-refractivity contribution < 1.29 is 30.2 Å². The number of hydrogen-bond donors (Lipinski definition) is 5. The lowest BCUT2D eigenvalue weighted by molar-refractivity contribution is -0.990. The highest BCUT2D eigenvalue weighted by Gasteiger charge is 2.53. The third-order valence-electron chi connectivity index (χ3n) is 6.16. The fraction of sp³-hybridized carbons (Fsp3) is 0.273. The Morgan fingerprint density at radius 3 is 2.53 bits per heavy atom. The van der Waals surface area contributed by atoms with Gasteiger partial charge in [0.1, 0.15) is 11.8 Å². The first-order chi connectivity index (χ1) is 15.1. The molecule has 0 saturated carbocycles. The molecule has 1 aliphatic heterocycles. The lowest BCUT2D eigenvalue weighted by Gasteiger charge is -2.47. The number of amides is 2. The van der Waals surface area contributed by atoms with E-state index in [1.807, 2.05) is 0 Å². The molecule has 1 fully saturated rings. The number of quaternary nitrogens is 1. The van der Waals surface area contributed by atoms with Crippen molar-refractivity contribution >= 4 is 28.4 Å². The smallest absolute Gasteiger partial charge is 0.276 e. The molecule has 2 heterocycles. The van der Waals surface area contributed by atoms with Crippen LogP contribution in [0.5, 0.6) is 5.75 Å². The summed E-state index contributed by atoms with van der Waals surface area (Å²) in [4.78, 5) is 31.6. The van der Waals surface area contributed by atoms with Crippen LogP contribution < -0.4 is 5.23 Å². The lowest BCUT2D eigenvalue weighted by Crippen LogP contribution is -2.99. The van der Waals surface area contributed by atoms with Crippen molar-refractivity contribution in [2.45, 2.75) is 24.6 Å². The van der Waals surface area contributed by atoms with Gasteiger partial charge in [-0.25, -0.2) is 5.21 Å². The van der Waals surface area contributed by atoms with Crippen LogP contribution in [0.25, 0.3) is 10.9 Å². The molecular formula is C22H24N4O6. The SMILES string of the molecule is CN1C(=O)[C@](O)(Cc2ccccc2O)N(C)C(=O)[C@@H]1Cc1c[nH]c2cccc([NH+]([O-])O)c12. The lowest BCUT2D eigenvalue weighted by atomic mass is 9.92. The van der Waals surface area contributed by atoms with Gasteiger partial charge >= 0.3 is 0 Å². The zero-order valence-corrected chi connectivity index (χ0v) is 17.6. The van der Waals surface area contributed by atoms with Crippen molar-refractivity contribution in [3.05, 3.63) is 65.0 Å². The number of H-pyrrole nitrogens is 1. The minimum atomic E-state index is -2.16. The molecule has 0 spiro atoms. The highest BCUT2D eigenvalue weighted by atomic mass is 16.8. The van der Waals surface area contributed by atoms with Crippen LogP contribution in [0, 0.1) is 5.21 Å². The predicted molar refractivity (Wildman–Crippen MR) is 114 cm³/mol. The first-order valence-corrected chi connectivity index (χ1v) is 10.0. The number of phenolic OH excluding ortho intramolecular Hbond substituents is 1. The molecule has 1 aliphatic rings. The number of hydrogen-bond acceptors (Lipinski definition) is 6. The van der Waals surface area contributed by atoms with Crippen LogP contribution in [0.2, 0.25) is 0 Å². The number of rotatable bonds is 5. The molecule has 5 N–H and O–H groups in total. The van der Waals surface area contributed by atoms with Gasteiger partial charge in [0.2, 0.25) is 11.6 Å². The summed E-state index contributed by atoms with van der Waals surface area (Å²) in [5.41, 5.74) is -0.539. The van der Waals surface area contributed by atoms with Gasteiger partial charge < -0.3 is 30.2 Å². The van der Waals surface area contributed by atoms with E-state index in [0.717, 1.165) is 4.90 Å². The number of aromatic nitrogens is 1. The second-order valence-electron chi connectivity index (χ2n) is 8.00. The zero-order valence-electron chi connectivity index (χ0n) is 17.6. The number of fused-ring (bicyclic) bond motifs is 1. The third kappa shape index (κ3) is 3.39. The fourth-order valence-electron chi connectivity index (χ4n) is 4.29. The van der Waals surface area contributed by atoms with Gasteiger partial charge in [-0.05, 0) is 23.3 Å². The maximum absolute atomic E-state index is 13.2. The van der Waals surface area contributed by atoms with Crippen LogP contribution in [-0.4, -0.2) is 67.9 Å². The average molecular weight is 440 g/mol. The van der Waals surface area contributed by atoms with Crippen LogP contribution in [0.3, 0.4) is 0 Å². The van der Waals surface area contributed by atoms with Gasteiger partial charge in [0.15, 0.2) is 5.69 Å². The first kappa shape index (κ1) is 21.8. The summed E-state index contributed by atoms with van der Waals surface area (Å²) in [6.07, 6.45) is 1.43. The van der Waals surface area contributed by atoms with E-state index in [9.17, 15) is 30.2 Å². The van der Waals surface area contributed by atoms with Crippen molar-refractivity contribution in [3.63, 3.8) is 0 Å². The van der Waals surface area contributed by atoms with E-state index in [1.54, 1.807) is 36.5 Å². The van der Waals surface area contributed by atoms with E-state index >= 15 is 0 Å². The largest absolute Gasteiger partial charge is 0.595 e. The van der Waals surface area contributed by atoms with Crippen molar-refractivity contribution in [2.75, 3.05) is 14.1 Å². The Hall–Kier alpha value is -3.44. The Kier molecular flexibility index (Phi) is 5.39. The number of likely N-dealkylation sites (N-methyl/N-ethyl adjacent to an activating group) is 2. The summed E-state index contributed by atoms with van der Waals surface area (Å²) in [7, 11) is 2.78. The number of piperazine rings is 1. The Morgan fingerprint density at radius 2 is 1.84 bits per heavy atom. The molecule has 2 aromatic carbocycles. The van der Waals surface area contributed by atoms with Gasteiger partial charge in [-0.3, -0.25) is 9.59 Å². The number of phenols is 1. The van der Waals surface area contributed by atoms with E-state index < -0.39 is 28.8 Å². The molecule has 32 heavy (non-hydrogen) atoms. The van der Waals surface area contributed by atoms with Crippen molar-refractivity contribution in [2.24, 2.45) is 0 Å². The molecule has 1 unspecified atom stereocenters. The number of benzene rings is 2. The highest BCUT2D eigenvalue weighted by Crippen LogP contribution is 2.32. The summed E-state index contributed by atoms with van der Waals surface area (Å²) in [5, 5.41) is 41.8. The van der Waals surface area contributed by atoms with Crippen LogP contribution in [-0.2, 0) is 22.4 Å². The number of aromatic amines is 1. The van der Waals surface area contributed by atoms with Crippen LogP contribution in [0.1, 0.15) is 11.1 Å². The molecule has 0 bridgehead atoms. The van der Waals surface area contributed by atoms with Gasteiger partial charge in [-0.1, -0.05) is 24.3 Å². The maximum atomic E-state index is 13.2. The van der Waals surface area contributed by atoms with E-state index in [4.69, 9.17) is 0 Å². The first-order valence-electron chi connectivity index (χ1n) is 10.0. The van der Waals surface area contributed by atoms with E-state index in [2.05, 4.69) is 4.98 Å². The Bertz CT molecular complexity index is 1190. The summed E-state index contributed by atoms with van der Waals surface area (Å²) in [5.74, 6) is -1.27. The summed E-state index contributed by atoms with van der Waals surface area (Å²) >= 11 is 0. The molecule has 3 aromatic rings. The van der Waals surface area contributed by atoms with Gasteiger partial charge in [0, 0.05) is 39.2 Å². The van der Waals surface area contributed by atoms with E-state index in [-0.39, 0.29) is 24.3 Å². The minimum Gasteiger partial charge on any atom is -0.595 e. The minimum absolute atomic E-state index is 0.0718. The summed E-state index contributed by atoms with van der Waals surface area (Å²) in [6.45, 7) is 0. The zero-order chi connectivity index (χ0) is 23.2. The molecule has 1 saturated heterocycles. The molecular weight excluding hydrogens is 416 g/mol. The van der Waals surface area contributed by atoms with Crippen LogP contribution in [0.4, 0.5) is 5.69 Å². The van der Waals surface area contributed by atoms with E-state index in [1.165, 1.54) is 31.1 Å². The Balaban J connectivity index is 1.66. The maximum Gasteiger partial charge on any atom is 0.276 e. The van der Waals surface area contributed by atoms with Crippen LogP contribution >= 0.6 is 0 Å². The molecule has 10 heteroatoms.